The first-order valence-corrected chi connectivity index (χ1v) is 7.58. The van der Waals surface area contributed by atoms with Crippen molar-refractivity contribution in [1.29, 1.82) is 0 Å². The first-order chi connectivity index (χ1) is 7.96. The highest BCUT2D eigenvalue weighted by Crippen LogP contribution is 2.23. The van der Waals surface area contributed by atoms with Gasteiger partial charge in [0.15, 0.2) is 9.84 Å². The molecule has 0 aliphatic carbocycles. The van der Waals surface area contributed by atoms with Crippen molar-refractivity contribution in [1.82, 2.24) is 0 Å². The lowest BCUT2D eigenvalue weighted by atomic mass is 10.1. The van der Waals surface area contributed by atoms with Crippen LogP contribution in [0.15, 0.2) is 18.2 Å². The number of halogens is 2. The molecular formula is C11H13ClFNO2S. The van der Waals surface area contributed by atoms with Gasteiger partial charge in [-0.1, -0.05) is 11.6 Å². The minimum absolute atomic E-state index is 0.0545. The van der Waals surface area contributed by atoms with E-state index in [2.05, 4.69) is 5.32 Å². The molecule has 3 nitrogen and oxygen atoms in total. The van der Waals surface area contributed by atoms with Crippen LogP contribution in [0.2, 0.25) is 5.02 Å². The third-order valence-corrected chi connectivity index (χ3v) is 4.81. The van der Waals surface area contributed by atoms with Crippen LogP contribution in [0.4, 0.5) is 10.1 Å². The van der Waals surface area contributed by atoms with Crippen molar-refractivity contribution in [2.75, 3.05) is 16.8 Å². The molecule has 0 spiro atoms. The summed E-state index contributed by atoms with van der Waals surface area (Å²) in [5, 5.41) is 3.33. The first kappa shape index (κ1) is 12.6. The fraction of sp³-hybridized carbons (Fsp3) is 0.455. The molecule has 1 unspecified atom stereocenters. The van der Waals surface area contributed by atoms with E-state index in [0.29, 0.717) is 11.4 Å². The molecule has 1 heterocycles. The van der Waals surface area contributed by atoms with Crippen molar-refractivity contribution in [2.45, 2.75) is 18.9 Å². The summed E-state index contributed by atoms with van der Waals surface area (Å²) in [6.45, 7) is 0. The zero-order chi connectivity index (χ0) is 12.5. The van der Waals surface area contributed by atoms with Crippen LogP contribution in [0.5, 0.6) is 0 Å². The number of nitrogens with one attached hydrogen (secondary N) is 1. The number of hydrogen-bond donors (Lipinski definition) is 1. The van der Waals surface area contributed by atoms with Gasteiger partial charge in [0.2, 0.25) is 0 Å². The predicted molar refractivity (Wildman–Crippen MR) is 66.7 cm³/mol. The molecule has 0 amide bonds. The molecular weight excluding hydrogens is 265 g/mol. The van der Waals surface area contributed by atoms with Gasteiger partial charge in [0.05, 0.1) is 17.2 Å². The van der Waals surface area contributed by atoms with Crippen molar-refractivity contribution in [3.8, 4) is 0 Å². The van der Waals surface area contributed by atoms with Crippen LogP contribution in [-0.2, 0) is 9.84 Å². The highest BCUT2D eigenvalue weighted by molar-refractivity contribution is 7.91. The Kier molecular flexibility index (Phi) is 3.58. The largest absolute Gasteiger partial charge is 0.379 e. The summed E-state index contributed by atoms with van der Waals surface area (Å²) in [6.07, 6.45) is 1.34. The van der Waals surface area contributed by atoms with E-state index >= 15 is 0 Å². The van der Waals surface area contributed by atoms with E-state index < -0.39 is 15.7 Å². The van der Waals surface area contributed by atoms with E-state index in [1.54, 1.807) is 0 Å². The molecule has 1 aromatic rings. The predicted octanol–water partition coefficient (Wildman–Crippen LogP) is 2.47. The molecule has 94 valence electrons. The lowest BCUT2D eigenvalue weighted by Crippen LogP contribution is -2.35. The average molecular weight is 278 g/mol. The monoisotopic (exact) mass is 277 g/mol. The molecule has 1 aliphatic heterocycles. The highest BCUT2D eigenvalue weighted by Gasteiger charge is 2.25. The molecule has 0 bridgehead atoms. The summed E-state index contributed by atoms with van der Waals surface area (Å²) in [5.74, 6) is -0.139. The molecule has 0 aromatic heterocycles. The summed E-state index contributed by atoms with van der Waals surface area (Å²) >= 11 is 5.77. The van der Waals surface area contributed by atoms with Crippen LogP contribution in [-0.4, -0.2) is 26.0 Å². The molecule has 1 aromatic carbocycles. The first-order valence-electron chi connectivity index (χ1n) is 5.38. The van der Waals surface area contributed by atoms with E-state index in [0.717, 1.165) is 6.42 Å². The Balaban J connectivity index is 2.13. The number of anilines is 1. The molecule has 1 aliphatic rings. The molecule has 6 heteroatoms. The second-order valence-corrected chi connectivity index (χ2v) is 6.89. The van der Waals surface area contributed by atoms with Gasteiger partial charge < -0.3 is 5.32 Å². The van der Waals surface area contributed by atoms with E-state index in [9.17, 15) is 12.8 Å². The number of rotatable bonds is 2. The maximum Gasteiger partial charge on any atom is 0.152 e. The third kappa shape index (κ3) is 3.33. The Labute approximate surface area is 105 Å². The Bertz CT molecular complexity index is 518. The second kappa shape index (κ2) is 4.82. The van der Waals surface area contributed by atoms with Crippen LogP contribution >= 0.6 is 11.6 Å². The smallest absolute Gasteiger partial charge is 0.152 e. The van der Waals surface area contributed by atoms with Crippen molar-refractivity contribution < 1.29 is 12.8 Å². The zero-order valence-electron chi connectivity index (χ0n) is 9.12. The Hall–Kier alpha value is -0.810. The minimum Gasteiger partial charge on any atom is -0.379 e. The number of benzene rings is 1. The third-order valence-electron chi connectivity index (χ3n) is 2.75. The standard InChI is InChI=1S/C11H13ClFNO2S/c12-8-3-4-10(13)11(6-8)14-9-2-1-5-17(15,16)7-9/h3-4,6,9,14H,1-2,5,7H2. The summed E-state index contributed by atoms with van der Waals surface area (Å²) < 4.78 is 36.3. The van der Waals surface area contributed by atoms with Crippen molar-refractivity contribution in [3.05, 3.63) is 29.0 Å². The van der Waals surface area contributed by atoms with Crippen molar-refractivity contribution in [2.24, 2.45) is 0 Å². The van der Waals surface area contributed by atoms with Gasteiger partial charge in [0.1, 0.15) is 5.82 Å². The summed E-state index contributed by atoms with van der Waals surface area (Å²) in [5.41, 5.74) is 0.264. The SMILES string of the molecule is O=S1(=O)CCCC(Nc2cc(Cl)ccc2F)C1. The summed E-state index contributed by atoms with van der Waals surface area (Å²) in [4.78, 5) is 0. The molecule has 17 heavy (non-hydrogen) atoms. The molecule has 1 saturated heterocycles. The topological polar surface area (TPSA) is 46.2 Å². The molecule has 0 radical (unpaired) electrons. The number of hydrogen-bond acceptors (Lipinski definition) is 3. The molecule has 1 N–H and O–H groups in total. The van der Waals surface area contributed by atoms with Crippen LogP contribution < -0.4 is 5.32 Å². The molecule has 1 fully saturated rings. The zero-order valence-corrected chi connectivity index (χ0v) is 10.7. The Morgan fingerprint density at radius 3 is 2.88 bits per heavy atom. The van der Waals surface area contributed by atoms with E-state index in [1.807, 2.05) is 0 Å². The van der Waals surface area contributed by atoms with Crippen LogP contribution in [0.3, 0.4) is 0 Å². The van der Waals surface area contributed by atoms with Gasteiger partial charge in [-0.15, -0.1) is 0 Å². The fourth-order valence-electron chi connectivity index (χ4n) is 1.96. The molecule has 2 rings (SSSR count). The van der Waals surface area contributed by atoms with E-state index in [-0.39, 0.29) is 23.2 Å². The van der Waals surface area contributed by atoms with Gasteiger partial charge in [-0.05, 0) is 31.0 Å². The van der Waals surface area contributed by atoms with Crippen LogP contribution in [0, 0.1) is 5.82 Å². The van der Waals surface area contributed by atoms with E-state index in [4.69, 9.17) is 11.6 Å². The maximum atomic E-state index is 13.4. The quantitative estimate of drug-likeness (QED) is 0.903. The second-order valence-electron chi connectivity index (χ2n) is 4.22. The Morgan fingerprint density at radius 1 is 1.41 bits per heavy atom. The summed E-state index contributed by atoms with van der Waals surface area (Å²) in [6, 6.07) is 3.96. The average Bonchev–Trinajstić information content (AvgIpc) is 2.22. The maximum absolute atomic E-state index is 13.4. The van der Waals surface area contributed by atoms with Gasteiger partial charge in [-0.25, -0.2) is 12.8 Å². The van der Waals surface area contributed by atoms with Crippen molar-refractivity contribution in [3.63, 3.8) is 0 Å². The summed E-state index contributed by atoms with van der Waals surface area (Å²) in [7, 11) is -2.99. The normalized spacial score (nSPS) is 23.3. The highest BCUT2D eigenvalue weighted by atomic mass is 35.5. The lowest BCUT2D eigenvalue weighted by molar-refractivity contribution is 0.559. The van der Waals surface area contributed by atoms with Crippen molar-refractivity contribution >= 4 is 27.1 Å². The van der Waals surface area contributed by atoms with Crippen LogP contribution in [0.25, 0.3) is 0 Å². The van der Waals surface area contributed by atoms with Gasteiger partial charge in [0.25, 0.3) is 0 Å². The fourth-order valence-corrected chi connectivity index (χ4v) is 3.77. The van der Waals surface area contributed by atoms with Crippen LogP contribution in [0.1, 0.15) is 12.8 Å². The Morgan fingerprint density at radius 2 is 2.18 bits per heavy atom. The molecule has 0 saturated carbocycles. The van der Waals surface area contributed by atoms with Gasteiger partial charge in [-0.2, -0.15) is 0 Å². The van der Waals surface area contributed by atoms with Gasteiger partial charge in [-0.3, -0.25) is 0 Å². The molecule has 1 atom stereocenters. The lowest BCUT2D eigenvalue weighted by Gasteiger charge is -2.24. The van der Waals surface area contributed by atoms with E-state index in [1.165, 1.54) is 18.2 Å². The minimum atomic E-state index is -2.99. The van der Waals surface area contributed by atoms with Gasteiger partial charge >= 0.3 is 0 Å². The van der Waals surface area contributed by atoms with Gasteiger partial charge in [0, 0.05) is 11.1 Å². The number of sulfone groups is 1.